The Morgan fingerprint density at radius 2 is 1.40 bits per heavy atom. The molecule has 0 bridgehead atoms. The van der Waals surface area contributed by atoms with Crippen molar-refractivity contribution in [3.8, 4) is 0 Å². The van der Waals surface area contributed by atoms with Crippen LogP contribution in [0.5, 0.6) is 0 Å². The smallest absolute Gasteiger partial charge is 0.0827 e. The van der Waals surface area contributed by atoms with E-state index in [1.165, 1.54) is 0 Å². The molecule has 0 fully saturated rings. The minimum absolute atomic E-state index is 0.935. The Balaban J connectivity index is 1.80. The van der Waals surface area contributed by atoms with Crippen molar-refractivity contribution in [3.05, 3.63) is 23.8 Å². The molecule has 80 valence electrons. The molecule has 0 saturated carbocycles. The van der Waals surface area contributed by atoms with Gasteiger partial charge in [-0.05, 0) is 19.3 Å². The number of hydrogen-bond acceptors (Lipinski definition) is 4. The molecule has 2 heterocycles. The molecule has 6 heteroatoms. The third kappa shape index (κ3) is 2.61. The van der Waals surface area contributed by atoms with Crippen LogP contribution in [0.15, 0.2) is 12.4 Å². The maximum atomic E-state index is 4.02. The Morgan fingerprint density at radius 1 is 0.933 bits per heavy atom. The van der Waals surface area contributed by atoms with Crippen molar-refractivity contribution in [3.63, 3.8) is 0 Å². The summed E-state index contributed by atoms with van der Waals surface area (Å²) in [6, 6.07) is 0. The molecule has 15 heavy (non-hydrogen) atoms. The Morgan fingerprint density at radius 3 is 1.73 bits per heavy atom. The highest BCUT2D eigenvalue weighted by Crippen LogP contribution is 2.02. The van der Waals surface area contributed by atoms with Crippen molar-refractivity contribution in [2.24, 2.45) is 14.1 Å². The Bertz CT molecular complexity index is 389. The van der Waals surface area contributed by atoms with Gasteiger partial charge in [-0.15, -0.1) is 10.2 Å². The van der Waals surface area contributed by atoms with Gasteiger partial charge in [0.25, 0.3) is 0 Å². The summed E-state index contributed by atoms with van der Waals surface area (Å²) in [6.07, 6.45) is 6.78. The van der Waals surface area contributed by atoms with Gasteiger partial charge in [0, 0.05) is 26.5 Å². The zero-order valence-electron chi connectivity index (χ0n) is 8.96. The summed E-state index contributed by atoms with van der Waals surface area (Å²) in [7, 11) is 3.75. The second-order valence-electron chi connectivity index (χ2n) is 3.62. The van der Waals surface area contributed by atoms with Crippen molar-refractivity contribution in [1.29, 1.82) is 0 Å². The molecule has 0 atom stereocenters. The topological polar surface area (TPSA) is 61.4 Å². The summed E-state index contributed by atoms with van der Waals surface area (Å²) in [5.41, 5.74) is 2.06. The molecule has 0 aliphatic rings. The van der Waals surface area contributed by atoms with E-state index in [1.54, 1.807) is 9.36 Å². The van der Waals surface area contributed by atoms with Gasteiger partial charge in [0.15, 0.2) is 0 Å². The number of hydrogen-bond donors (Lipinski definition) is 0. The normalized spacial score (nSPS) is 10.8. The standard InChI is InChI=1S/C9H14N6/c1-14-6-8(10-12-14)4-3-5-9-7-15(2)13-11-9/h6-7H,3-5H2,1-2H3. The lowest BCUT2D eigenvalue weighted by Gasteiger charge is -1.93. The SMILES string of the molecule is Cn1cc(CCCc2cn(C)nn2)nn1. The molecule has 0 amide bonds. The second kappa shape index (κ2) is 4.20. The van der Waals surface area contributed by atoms with Gasteiger partial charge in [0.1, 0.15) is 0 Å². The van der Waals surface area contributed by atoms with Crippen molar-refractivity contribution in [2.75, 3.05) is 0 Å². The van der Waals surface area contributed by atoms with Crippen LogP contribution in [0.2, 0.25) is 0 Å². The number of rotatable bonds is 4. The lowest BCUT2D eigenvalue weighted by atomic mass is 10.2. The molecule has 0 spiro atoms. The molecule has 2 aromatic rings. The summed E-state index contributed by atoms with van der Waals surface area (Å²) in [4.78, 5) is 0. The van der Waals surface area contributed by atoms with Crippen LogP contribution in [-0.2, 0) is 26.9 Å². The molecule has 0 aliphatic heterocycles. The van der Waals surface area contributed by atoms with Gasteiger partial charge in [-0.1, -0.05) is 10.4 Å². The van der Waals surface area contributed by atoms with Gasteiger partial charge in [-0.25, -0.2) is 0 Å². The fourth-order valence-electron chi connectivity index (χ4n) is 1.47. The Labute approximate surface area is 87.9 Å². The predicted molar refractivity (Wildman–Crippen MR) is 54.0 cm³/mol. The average molecular weight is 206 g/mol. The van der Waals surface area contributed by atoms with Crippen molar-refractivity contribution >= 4 is 0 Å². The molecule has 2 rings (SSSR count). The van der Waals surface area contributed by atoms with Crippen molar-refractivity contribution in [2.45, 2.75) is 19.3 Å². The first-order valence-electron chi connectivity index (χ1n) is 4.94. The van der Waals surface area contributed by atoms with Gasteiger partial charge in [0.05, 0.1) is 11.4 Å². The first-order chi connectivity index (χ1) is 7.24. The van der Waals surface area contributed by atoms with E-state index in [0.29, 0.717) is 0 Å². The van der Waals surface area contributed by atoms with E-state index in [2.05, 4.69) is 20.6 Å². The third-order valence-electron chi connectivity index (χ3n) is 2.17. The van der Waals surface area contributed by atoms with Crippen LogP contribution in [0.3, 0.4) is 0 Å². The fraction of sp³-hybridized carbons (Fsp3) is 0.556. The maximum Gasteiger partial charge on any atom is 0.0827 e. The number of nitrogens with zero attached hydrogens (tertiary/aromatic N) is 6. The van der Waals surface area contributed by atoms with Gasteiger partial charge in [-0.3, -0.25) is 9.36 Å². The fourth-order valence-corrected chi connectivity index (χ4v) is 1.47. The van der Waals surface area contributed by atoms with Crippen LogP contribution in [0.25, 0.3) is 0 Å². The molecule has 2 aromatic heterocycles. The average Bonchev–Trinajstić information content (AvgIpc) is 2.76. The molecule has 0 saturated heterocycles. The van der Waals surface area contributed by atoms with E-state index in [1.807, 2.05) is 26.5 Å². The van der Waals surface area contributed by atoms with Crippen LogP contribution in [-0.4, -0.2) is 30.0 Å². The predicted octanol–water partition coefficient (Wildman–Crippen LogP) is 0.119. The minimum Gasteiger partial charge on any atom is -0.255 e. The van der Waals surface area contributed by atoms with Crippen molar-refractivity contribution < 1.29 is 0 Å². The molecular weight excluding hydrogens is 192 g/mol. The summed E-state index contributed by atoms with van der Waals surface area (Å²) < 4.78 is 3.44. The van der Waals surface area contributed by atoms with Gasteiger partial charge < -0.3 is 0 Å². The molecule has 0 unspecified atom stereocenters. The first-order valence-corrected chi connectivity index (χ1v) is 4.94. The minimum atomic E-state index is 0.935. The lowest BCUT2D eigenvalue weighted by Crippen LogP contribution is -1.90. The quantitative estimate of drug-likeness (QED) is 0.712. The monoisotopic (exact) mass is 206 g/mol. The summed E-state index contributed by atoms with van der Waals surface area (Å²) >= 11 is 0. The van der Waals surface area contributed by atoms with Crippen molar-refractivity contribution in [1.82, 2.24) is 30.0 Å². The maximum absolute atomic E-state index is 4.02. The molecule has 0 radical (unpaired) electrons. The first kappa shape index (κ1) is 9.82. The van der Waals surface area contributed by atoms with E-state index in [0.717, 1.165) is 30.7 Å². The van der Waals surface area contributed by atoms with E-state index >= 15 is 0 Å². The molecule has 0 aliphatic carbocycles. The van der Waals surface area contributed by atoms with Gasteiger partial charge >= 0.3 is 0 Å². The molecule has 6 nitrogen and oxygen atoms in total. The summed E-state index contributed by atoms with van der Waals surface area (Å²) in [5, 5.41) is 15.8. The zero-order chi connectivity index (χ0) is 10.7. The van der Waals surface area contributed by atoms with E-state index in [4.69, 9.17) is 0 Å². The van der Waals surface area contributed by atoms with Crippen LogP contribution in [0.4, 0.5) is 0 Å². The lowest BCUT2D eigenvalue weighted by molar-refractivity contribution is 0.708. The second-order valence-corrected chi connectivity index (χ2v) is 3.62. The van der Waals surface area contributed by atoms with Crippen LogP contribution < -0.4 is 0 Å². The number of aromatic nitrogens is 6. The molecule has 0 aromatic carbocycles. The van der Waals surface area contributed by atoms with Gasteiger partial charge in [0.2, 0.25) is 0 Å². The van der Waals surface area contributed by atoms with Crippen LogP contribution in [0, 0.1) is 0 Å². The Hall–Kier alpha value is -1.72. The third-order valence-corrected chi connectivity index (χ3v) is 2.17. The molecular formula is C9H14N6. The van der Waals surface area contributed by atoms with Crippen LogP contribution >= 0.6 is 0 Å². The van der Waals surface area contributed by atoms with E-state index in [-0.39, 0.29) is 0 Å². The Kier molecular flexibility index (Phi) is 2.75. The van der Waals surface area contributed by atoms with E-state index < -0.39 is 0 Å². The zero-order valence-corrected chi connectivity index (χ0v) is 8.96. The largest absolute Gasteiger partial charge is 0.255 e. The summed E-state index contributed by atoms with van der Waals surface area (Å²) in [5.74, 6) is 0. The summed E-state index contributed by atoms with van der Waals surface area (Å²) in [6.45, 7) is 0. The highest BCUT2D eigenvalue weighted by atomic mass is 15.4. The van der Waals surface area contributed by atoms with Crippen LogP contribution in [0.1, 0.15) is 17.8 Å². The van der Waals surface area contributed by atoms with Gasteiger partial charge in [-0.2, -0.15) is 0 Å². The van der Waals surface area contributed by atoms with E-state index in [9.17, 15) is 0 Å². The highest BCUT2D eigenvalue weighted by molar-refractivity contribution is 4.96. The molecule has 0 N–H and O–H groups in total. The number of aryl methyl sites for hydroxylation is 4. The highest BCUT2D eigenvalue weighted by Gasteiger charge is 2.01.